The van der Waals surface area contributed by atoms with Gasteiger partial charge in [-0.2, -0.15) is 0 Å². The summed E-state index contributed by atoms with van der Waals surface area (Å²) in [6, 6.07) is 6.59. The molecule has 1 aromatic carbocycles. The molecule has 0 saturated heterocycles. The van der Waals surface area contributed by atoms with Gasteiger partial charge >= 0.3 is 0 Å². The molecule has 118 valence electrons. The summed E-state index contributed by atoms with van der Waals surface area (Å²) in [5.41, 5.74) is -0.672. The molecule has 0 saturated carbocycles. The predicted octanol–water partition coefficient (Wildman–Crippen LogP) is 1.48. The van der Waals surface area contributed by atoms with Crippen molar-refractivity contribution < 1.29 is 4.79 Å². The monoisotopic (exact) mass is 330 g/mol. The van der Waals surface area contributed by atoms with Crippen LogP contribution in [0.4, 0.5) is 5.13 Å². The van der Waals surface area contributed by atoms with Crippen LogP contribution in [-0.4, -0.2) is 20.7 Å². The molecule has 8 heteroatoms. The maximum atomic E-state index is 12.3. The number of carbonyl (C=O) groups is 1. The van der Waals surface area contributed by atoms with E-state index in [-0.39, 0.29) is 30.0 Å². The quantitative estimate of drug-likeness (QED) is 0.757. The number of nitrogens with one attached hydrogen (secondary N) is 2. The van der Waals surface area contributed by atoms with Gasteiger partial charge in [-0.15, -0.1) is 11.3 Å². The van der Waals surface area contributed by atoms with Crippen LogP contribution >= 0.6 is 11.3 Å². The summed E-state index contributed by atoms with van der Waals surface area (Å²) in [5.74, 6) is -0.264. The third-order valence-electron chi connectivity index (χ3n) is 3.31. The van der Waals surface area contributed by atoms with Gasteiger partial charge in [0.05, 0.1) is 17.3 Å². The number of amides is 1. The number of aromatic amines is 1. The summed E-state index contributed by atoms with van der Waals surface area (Å²) in [4.78, 5) is 41.2. The van der Waals surface area contributed by atoms with E-state index in [2.05, 4.69) is 15.4 Å². The highest BCUT2D eigenvalue weighted by atomic mass is 32.1. The Labute approximate surface area is 134 Å². The maximum absolute atomic E-state index is 12.3. The van der Waals surface area contributed by atoms with Crippen LogP contribution in [-0.2, 0) is 11.3 Å². The van der Waals surface area contributed by atoms with Crippen LogP contribution < -0.4 is 16.4 Å². The molecule has 0 radical (unpaired) electrons. The molecule has 0 aliphatic carbocycles. The van der Waals surface area contributed by atoms with E-state index in [1.54, 1.807) is 30.5 Å². The molecule has 0 aliphatic rings. The Balaban J connectivity index is 1.77. The predicted molar refractivity (Wildman–Crippen MR) is 88.9 cm³/mol. The van der Waals surface area contributed by atoms with Crippen molar-refractivity contribution in [2.24, 2.45) is 0 Å². The summed E-state index contributed by atoms with van der Waals surface area (Å²) in [6.07, 6.45) is 1.73. The lowest BCUT2D eigenvalue weighted by Gasteiger charge is -2.07. The van der Waals surface area contributed by atoms with E-state index in [9.17, 15) is 14.4 Å². The van der Waals surface area contributed by atoms with Crippen LogP contribution in [0.25, 0.3) is 10.8 Å². The average molecular weight is 330 g/mol. The van der Waals surface area contributed by atoms with Crippen LogP contribution in [0.3, 0.4) is 0 Å². The van der Waals surface area contributed by atoms with Gasteiger partial charge in [0.15, 0.2) is 5.13 Å². The van der Waals surface area contributed by atoms with Gasteiger partial charge in [-0.1, -0.05) is 12.1 Å². The van der Waals surface area contributed by atoms with E-state index in [4.69, 9.17) is 0 Å². The average Bonchev–Trinajstić information content (AvgIpc) is 2.94. The van der Waals surface area contributed by atoms with Crippen molar-refractivity contribution in [1.29, 1.82) is 0 Å². The number of aryl methyl sites for hydroxylation is 2. The Hall–Kier alpha value is -2.74. The van der Waals surface area contributed by atoms with Crippen molar-refractivity contribution in [2.45, 2.75) is 19.9 Å². The normalized spacial score (nSPS) is 10.8. The first-order chi connectivity index (χ1) is 11.0. The SMILES string of the molecule is Cc1cnc(NC(=O)CCn2[nH]c(=O)c3ccccc3c2=O)s1. The molecule has 0 unspecified atom stereocenters. The number of thiazole rings is 1. The fourth-order valence-electron chi connectivity index (χ4n) is 2.21. The van der Waals surface area contributed by atoms with Crippen molar-refractivity contribution >= 4 is 33.1 Å². The zero-order chi connectivity index (χ0) is 16.4. The molecule has 3 aromatic rings. The zero-order valence-electron chi connectivity index (χ0n) is 12.3. The van der Waals surface area contributed by atoms with Gasteiger partial charge in [0, 0.05) is 17.5 Å². The Morgan fingerprint density at radius 3 is 2.74 bits per heavy atom. The zero-order valence-corrected chi connectivity index (χ0v) is 13.1. The number of fused-ring (bicyclic) bond motifs is 1. The fraction of sp³-hybridized carbons (Fsp3) is 0.200. The molecule has 3 rings (SSSR count). The van der Waals surface area contributed by atoms with Gasteiger partial charge in [-0.25, -0.2) is 9.67 Å². The number of rotatable bonds is 4. The van der Waals surface area contributed by atoms with Gasteiger partial charge in [-0.05, 0) is 19.1 Å². The lowest BCUT2D eigenvalue weighted by Crippen LogP contribution is -2.31. The molecule has 2 N–H and O–H groups in total. The minimum absolute atomic E-state index is 0.0623. The van der Waals surface area contributed by atoms with Gasteiger partial charge < -0.3 is 5.32 Å². The highest BCUT2D eigenvalue weighted by Crippen LogP contribution is 2.16. The molecule has 0 aliphatic heterocycles. The van der Waals surface area contributed by atoms with Crippen molar-refractivity contribution in [3.05, 3.63) is 56.0 Å². The molecule has 7 nitrogen and oxygen atoms in total. The van der Waals surface area contributed by atoms with Gasteiger partial charge in [-0.3, -0.25) is 19.5 Å². The minimum atomic E-state index is -0.351. The Morgan fingerprint density at radius 1 is 1.30 bits per heavy atom. The third kappa shape index (κ3) is 3.21. The first-order valence-corrected chi connectivity index (χ1v) is 7.80. The molecule has 2 heterocycles. The highest BCUT2D eigenvalue weighted by molar-refractivity contribution is 7.15. The van der Waals surface area contributed by atoms with Gasteiger partial charge in [0.25, 0.3) is 11.1 Å². The first kappa shape index (κ1) is 15.2. The van der Waals surface area contributed by atoms with E-state index in [0.29, 0.717) is 15.9 Å². The van der Waals surface area contributed by atoms with Crippen LogP contribution in [0.15, 0.2) is 40.1 Å². The molecule has 0 fully saturated rings. The standard InChI is InChI=1S/C15H14N4O3S/c1-9-8-16-15(23-9)17-12(20)6-7-19-14(22)11-5-3-2-4-10(11)13(21)18-19/h2-5,8H,6-7H2,1H3,(H,18,21)(H,16,17,20). The summed E-state index contributed by atoms with van der Waals surface area (Å²) in [6.45, 7) is 1.99. The van der Waals surface area contributed by atoms with Gasteiger partial charge in [0.1, 0.15) is 0 Å². The summed E-state index contributed by atoms with van der Waals surface area (Å²) < 4.78 is 1.16. The molecule has 1 amide bonds. The number of carbonyl (C=O) groups excluding carboxylic acids is 1. The topological polar surface area (TPSA) is 96.8 Å². The largest absolute Gasteiger partial charge is 0.302 e. The van der Waals surface area contributed by atoms with Crippen molar-refractivity contribution in [3.8, 4) is 0 Å². The fourth-order valence-corrected chi connectivity index (χ4v) is 2.89. The molecule has 0 bridgehead atoms. The second-order valence-corrected chi connectivity index (χ2v) is 6.25. The number of benzene rings is 1. The molecular weight excluding hydrogens is 316 g/mol. The van der Waals surface area contributed by atoms with Crippen LogP contribution in [0, 0.1) is 6.92 Å². The Bertz CT molecular complexity index is 986. The number of anilines is 1. The summed E-state index contributed by atoms with van der Waals surface area (Å²) in [7, 11) is 0. The number of aromatic nitrogens is 3. The van der Waals surface area contributed by atoms with Crippen molar-refractivity contribution in [3.63, 3.8) is 0 Å². The smallest absolute Gasteiger partial charge is 0.273 e. The van der Waals surface area contributed by atoms with Crippen LogP contribution in [0.2, 0.25) is 0 Å². The minimum Gasteiger partial charge on any atom is -0.302 e. The lowest BCUT2D eigenvalue weighted by molar-refractivity contribution is -0.116. The van der Waals surface area contributed by atoms with Crippen molar-refractivity contribution in [2.75, 3.05) is 5.32 Å². The van der Waals surface area contributed by atoms with Crippen LogP contribution in [0.1, 0.15) is 11.3 Å². The number of H-pyrrole nitrogens is 1. The Kier molecular flexibility index (Phi) is 4.07. The van der Waals surface area contributed by atoms with E-state index >= 15 is 0 Å². The number of hydrogen-bond donors (Lipinski definition) is 2. The van der Waals surface area contributed by atoms with Crippen molar-refractivity contribution in [1.82, 2.24) is 14.8 Å². The van der Waals surface area contributed by atoms with E-state index in [0.717, 1.165) is 9.56 Å². The second kappa shape index (κ2) is 6.17. The molecule has 2 aromatic heterocycles. The number of hydrogen-bond acceptors (Lipinski definition) is 5. The molecule has 23 heavy (non-hydrogen) atoms. The summed E-state index contributed by atoms with van der Waals surface area (Å²) >= 11 is 1.38. The van der Waals surface area contributed by atoms with E-state index in [1.165, 1.54) is 11.3 Å². The lowest BCUT2D eigenvalue weighted by atomic mass is 10.2. The maximum Gasteiger partial charge on any atom is 0.273 e. The summed E-state index contributed by atoms with van der Waals surface area (Å²) in [5, 5.41) is 6.37. The highest BCUT2D eigenvalue weighted by Gasteiger charge is 2.09. The Morgan fingerprint density at radius 2 is 2.04 bits per heavy atom. The molecule has 0 atom stereocenters. The van der Waals surface area contributed by atoms with Crippen LogP contribution in [0.5, 0.6) is 0 Å². The van der Waals surface area contributed by atoms with Gasteiger partial charge in [0.2, 0.25) is 5.91 Å². The first-order valence-electron chi connectivity index (χ1n) is 6.99. The molecular formula is C15H14N4O3S. The number of nitrogens with zero attached hydrogens (tertiary/aromatic N) is 2. The molecule has 0 spiro atoms. The van der Waals surface area contributed by atoms with E-state index < -0.39 is 0 Å². The van der Waals surface area contributed by atoms with E-state index in [1.807, 2.05) is 6.92 Å². The second-order valence-electron chi connectivity index (χ2n) is 5.02. The third-order valence-corrected chi connectivity index (χ3v) is 4.14.